The summed E-state index contributed by atoms with van der Waals surface area (Å²) in [6, 6.07) is 5.97. The van der Waals surface area contributed by atoms with Crippen LogP contribution in [0.25, 0.3) is 0 Å². The summed E-state index contributed by atoms with van der Waals surface area (Å²) in [5, 5.41) is 4.89. The Morgan fingerprint density at radius 1 is 1.12 bits per heavy atom. The van der Waals surface area contributed by atoms with Crippen molar-refractivity contribution in [1.82, 2.24) is 5.01 Å². The number of aryl methyl sites for hydroxylation is 2. The number of rotatable bonds is 2. The fraction of sp³-hybridized carbons (Fsp3) is 0.444. The number of nitrogens with zero attached hydrogens (tertiary/aromatic N) is 3. The average molecular weight is 327 g/mol. The van der Waals surface area contributed by atoms with Gasteiger partial charge < -0.3 is 4.90 Å². The van der Waals surface area contributed by atoms with Crippen molar-refractivity contribution in [2.75, 3.05) is 11.4 Å². The van der Waals surface area contributed by atoms with Crippen molar-refractivity contribution in [2.45, 2.75) is 46.0 Å². The second-order valence-corrected chi connectivity index (χ2v) is 6.43. The van der Waals surface area contributed by atoms with Gasteiger partial charge in [0.15, 0.2) is 0 Å². The summed E-state index contributed by atoms with van der Waals surface area (Å²) >= 11 is 0. The van der Waals surface area contributed by atoms with Gasteiger partial charge >= 0.3 is 0 Å². The third-order valence-corrected chi connectivity index (χ3v) is 4.36. The number of anilines is 1. The van der Waals surface area contributed by atoms with Crippen LogP contribution in [0.1, 0.15) is 43.7 Å². The quantitative estimate of drug-likeness (QED) is 0.836. The van der Waals surface area contributed by atoms with E-state index in [2.05, 4.69) is 5.10 Å². The Bertz CT molecular complexity index is 739. The minimum Gasteiger partial charge on any atom is -0.303 e. The molecule has 0 atom stereocenters. The third-order valence-electron chi connectivity index (χ3n) is 4.36. The minimum atomic E-state index is -0.460. The van der Waals surface area contributed by atoms with Crippen LogP contribution in [0, 0.1) is 6.92 Å². The van der Waals surface area contributed by atoms with Crippen molar-refractivity contribution in [3.63, 3.8) is 0 Å². The van der Waals surface area contributed by atoms with Gasteiger partial charge in [0.25, 0.3) is 11.8 Å². The molecule has 24 heavy (non-hydrogen) atoms. The standard InChI is InChI=1S/C18H21N3O3/c1-12-7-8-14-5-3-4-6-16(22)20(15(14)9-12)11-18(24)21-17(23)10-13(2)19-21/h7-9H,3-6,10-11H2,1-2H3. The molecule has 0 spiro atoms. The first-order valence-electron chi connectivity index (χ1n) is 8.25. The second-order valence-electron chi connectivity index (χ2n) is 6.43. The van der Waals surface area contributed by atoms with E-state index in [1.54, 1.807) is 6.92 Å². The van der Waals surface area contributed by atoms with Crippen molar-refractivity contribution in [1.29, 1.82) is 0 Å². The highest BCUT2D eigenvalue weighted by Gasteiger charge is 2.31. The number of carbonyl (C=O) groups excluding carboxylic acids is 3. The molecule has 0 aliphatic carbocycles. The lowest BCUT2D eigenvalue weighted by molar-refractivity contribution is -0.142. The van der Waals surface area contributed by atoms with E-state index in [0.29, 0.717) is 12.1 Å². The van der Waals surface area contributed by atoms with Gasteiger partial charge in [0, 0.05) is 17.8 Å². The maximum absolute atomic E-state index is 12.6. The predicted octanol–water partition coefficient (Wildman–Crippen LogP) is 2.19. The Kier molecular flexibility index (Phi) is 4.46. The van der Waals surface area contributed by atoms with Gasteiger partial charge in [-0.2, -0.15) is 10.1 Å². The van der Waals surface area contributed by atoms with Crippen LogP contribution in [0.2, 0.25) is 0 Å². The summed E-state index contributed by atoms with van der Waals surface area (Å²) in [4.78, 5) is 38.5. The highest BCUT2D eigenvalue weighted by atomic mass is 16.2. The van der Waals surface area contributed by atoms with Crippen LogP contribution in [-0.4, -0.2) is 35.0 Å². The lowest BCUT2D eigenvalue weighted by atomic mass is 9.99. The molecule has 2 aliphatic heterocycles. The highest BCUT2D eigenvalue weighted by Crippen LogP contribution is 2.28. The lowest BCUT2D eigenvalue weighted by Crippen LogP contribution is -2.42. The van der Waals surface area contributed by atoms with Crippen LogP contribution in [0.15, 0.2) is 23.3 Å². The molecule has 0 saturated carbocycles. The van der Waals surface area contributed by atoms with Crippen LogP contribution in [0.3, 0.4) is 0 Å². The average Bonchev–Trinajstić information content (AvgIpc) is 2.87. The number of hydrogen-bond acceptors (Lipinski definition) is 4. The Balaban J connectivity index is 1.90. The summed E-state index contributed by atoms with van der Waals surface area (Å²) in [5.41, 5.74) is 3.49. The molecule has 1 aromatic carbocycles. The first kappa shape index (κ1) is 16.4. The summed E-state index contributed by atoms with van der Waals surface area (Å²) in [6.07, 6.45) is 3.22. The lowest BCUT2D eigenvalue weighted by Gasteiger charge is -2.28. The molecule has 2 heterocycles. The molecule has 126 valence electrons. The first-order chi connectivity index (χ1) is 11.5. The van der Waals surface area contributed by atoms with Crippen LogP contribution in [-0.2, 0) is 20.8 Å². The number of benzene rings is 1. The fourth-order valence-electron chi connectivity index (χ4n) is 3.12. The molecule has 0 N–H and O–H groups in total. The number of imide groups is 1. The second kappa shape index (κ2) is 6.55. The normalized spacial score (nSPS) is 18.2. The van der Waals surface area contributed by atoms with Gasteiger partial charge in [-0.1, -0.05) is 12.1 Å². The topological polar surface area (TPSA) is 70.1 Å². The molecule has 1 aromatic rings. The Hall–Kier alpha value is -2.50. The van der Waals surface area contributed by atoms with Crippen molar-refractivity contribution in [2.24, 2.45) is 5.10 Å². The zero-order chi connectivity index (χ0) is 17.3. The van der Waals surface area contributed by atoms with E-state index in [9.17, 15) is 14.4 Å². The number of hydrazone groups is 1. The van der Waals surface area contributed by atoms with E-state index in [-0.39, 0.29) is 24.8 Å². The van der Waals surface area contributed by atoms with Gasteiger partial charge in [-0.15, -0.1) is 0 Å². The SMILES string of the molecule is CC1=NN(C(=O)CN2C(=O)CCCCc3ccc(C)cc32)C(=O)C1. The zero-order valence-electron chi connectivity index (χ0n) is 14.0. The van der Waals surface area contributed by atoms with Crippen LogP contribution in [0.5, 0.6) is 0 Å². The maximum Gasteiger partial charge on any atom is 0.269 e. The fourth-order valence-corrected chi connectivity index (χ4v) is 3.12. The molecule has 2 aliphatic rings. The molecular formula is C18H21N3O3. The van der Waals surface area contributed by atoms with E-state index in [4.69, 9.17) is 0 Å². The van der Waals surface area contributed by atoms with E-state index < -0.39 is 5.91 Å². The monoisotopic (exact) mass is 327 g/mol. The van der Waals surface area contributed by atoms with E-state index in [0.717, 1.165) is 41.1 Å². The summed E-state index contributed by atoms with van der Waals surface area (Å²) in [6.45, 7) is 3.52. The molecule has 0 saturated heterocycles. The predicted molar refractivity (Wildman–Crippen MR) is 90.7 cm³/mol. The van der Waals surface area contributed by atoms with Gasteiger partial charge in [0.05, 0.1) is 6.42 Å². The van der Waals surface area contributed by atoms with Crippen LogP contribution in [0.4, 0.5) is 5.69 Å². The largest absolute Gasteiger partial charge is 0.303 e. The van der Waals surface area contributed by atoms with Crippen molar-refractivity contribution in [3.8, 4) is 0 Å². The molecule has 6 nitrogen and oxygen atoms in total. The zero-order valence-corrected chi connectivity index (χ0v) is 14.0. The molecule has 3 rings (SSSR count). The van der Waals surface area contributed by atoms with Crippen LogP contribution >= 0.6 is 0 Å². The Morgan fingerprint density at radius 2 is 1.88 bits per heavy atom. The number of carbonyl (C=O) groups is 3. The molecule has 0 radical (unpaired) electrons. The highest BCUT2D eigenvalue weighted by molar-refractivity contribution is 6.12. The molecule has 0 unspecified atom stereocenters. The van der Waals surface area contributed by atoms with E-state index >= 15 is 0 Å². The van der Waals surface area contributed by atoms with Crippen molar-refractivity contribution >= 4 is 29.1 Å². The Labute approximate surface area is 141 Å². The molecular weight excluding hydrogens is 306 g/mol. The van der Waals surface area contributed by atoms with Gasteiger partial charge in [-0.05, 0) is 50.3 Å². The molecule has 6 heteroatoms. The van der Waals surface area contributed by atoms with Crippen LogP contribution < -0.4 is 4.90 Å². The number of hydrogen-bond donors (Lipinski definition) is 0. The van der Waals surface area contributed by atoms with Gasteiger partial charge in [0.1, 0.15) is 6.54 Å². The summed E-state index contributed by atoms with van der Waals surface area (Å²) in [5.74, 6) is -0.873. The van der Waals surface area contributed by atoms with Gasteiger partial charge in [0.2, 0.25) is 5.91 Å². The van der Waals surface area contributed by atoms with E-state index in [1.165, 1.54) is 4.90 Å². The van der Waals surface area contributed by atoms with E-state index in [1.807, 2.05) is 25.1 Å². The maximum atomic E-state index is 12.6. The Morgan fingerprint density at radius 3 is 2.58 bits per heavy atom. The van der Waals surface area contributed by atoms with Crippen molar-refractivity contribution in [3.05, 3.63) is 29.3 Å². The van der Waals surface area contributed by atoms with Crippen molar-refractivity contribution < 1.29 is 14.4 Å². The smallest absolute Gasteiger partial charge is 0.269 e. The molecule has 0 aromatic heterocycles. The number of fused-ring (bicyclic) bond motifs is 1. The molecule has 0 fully saturated rings. The first-order valence-corrected chi connectivity index (χ1v) is 8.25. The van der Waals surface area contributed by atoms with Gasteiger partial charge in [-0.3, -0.25) is 14.4 Å². The summed E-state index contributed by atoms with van der Waals surface area (Å²) in [7, 11) is 0. The third kappa shape index (κ3) is 3.22. The molecule has 3 amide bonds. The number of amides is 3. The van der Waals surface area contributed by atoms with Gasteiger partial charge in [-0.25, -0.2) is 0 Å². The summed E-state index contributed by atoms with van der Waals surface area (Å²) < 4.78 is 0. The minimum absolute atomic E-state index is 0.0813. The molecule has 0 bridgehead atoms.